The topological polar surface area (TPSA) is 73.9 Å². The van der Waals surface area contributed by atoms with Gasteiger partial charge in [-0.05, 0) is 0 Å². The molecular weight excluding hydrogens is 618 g/mol. The Morgan fingerprint density at radius 2 is 1.16 bits per heavy atom. The van der Waals surface area contributed by atoms with Crippen molar-refractivity contribution in [2.45, 2.75) is 44.1 Å². The van der Waals surface area contributed by atoms with Gasteiger partial charge in [0, 0.05) is 0 Å². The number of hydrogen-bond donors (Lipinski definition) is 1. The zero-order valence-corrected chi connectivity index (χ0v) is 28.3. The molecule has 4 aromatic rings. The van der Waals surface area contributed by atoms with Crippen LogP contribution in [-0.4, -0.2) is 39.5 Å². The minimum atomic E-state index is -3.76. The third-order valence-corrected chi connectivity index (χ3v) is 20.1. The summed E-state index contributed by atoms with van der Waals surface area (Å²) in [5, 5.41) is 3.77. The van der Waals surface area contributed by atoms with Gasteiger partial charge in [0.25, 0.3) is 0 Å². The van der Waals surface area contributed by atoms with Crippen LogP contribution < -0.4 is 23.2 Å². The molecule has 0 fully saturated rings. The van der Waals surface area contributed by atoms with Gasteiger partial charge in [0.1, 0.15) is 0 Å². The Labute approximate surface area is 258 Å². The van der Waals surface area contributed by atoms with Crippen LogP contribution in [0, 0.1) is 0 Å². The number of amides is 1. The Morgan fingerprint density at radius 3 is 1.56 bits per heavy atom. The molecule has 0 aliphatic rings. The maximum absolute atomic E-state index is 14.3. The van der Waals surface area contributed by atoms with E-state index in [1.165, 1.54) is 13.2 Å². The van der Waals surface area contributed by atoms with Gasteiger partial charge in [-0.15, -0.1) is 0 Å². The van der Waals surface area contributed by atoms with Crippen LogP contribution in [0.2, 0.25) is 5.25 Å². The molecule has 1 unspecified atom stereocenters. The maximum atomic E-state index is 14.3. The van der Waals surface area contributed by atoms with E-state index in [1.807, 2.05) is 32.0 Å². The first-order valence-electron chi connectivity index (χ1n) is 15.0. The van der Waals surface area contributed by atoms with Crippen LogP contribution in [0.1, 0.15) is 44.5 Å². The molecule has 0 aromatic heterocycles. The van der Waals surface area contributed by atoms with E-state index >= 15 is 0 Å². The predicted molar refractivity (Wildman–Crippen MR) is 177 cm³/mol. The molecule has 6 nitrogen and oxygen atoms in total. The Bertz CT molecular complexity index is 1340. The van der Waals surface area contributed by atoms with Crippen LogP contribution in [0.3, 0.4) is 0 Å². The molecule has 8 heteroatoms. The Balaban J connectivity index is 1.71. The van der Waals surface area contributed by atoms with E-state index < -0.39 is 26.6 Å². The number of carbonyl (C=O) groups excluding carboxylic acids is 1. The standard InChI is InChI=1S/C35H42GeNO5P/c1-4-27-41-43(39,42-28-5-2)35(29-21-23-33(40-3)24-22-29)37-34(38)25-26-36(30-15-9-6-10-16-30,31-17-11-7-12-18-31)32-19-13-8-14-20-32/h6-24,35H,4-5,25-28H2,1-3H3,(H,37,38). The molecule has 0 aliphatic carbocycles. The molecule has 0 heterocycles. The first kappa shape index (κ1) is 32.8. The molecule has 226 valence electrons. The molecule has 1 N–H and O–H groups in total. The minimum absolute atomic E-state index is 0.195. The summed E-state index contributed by atoms with van der Waals surface area (Å²) < 4.78 is 35.3. The van der Waals surface area contributed by atoms with Gasteiger partial charge in [-0.25, -0.2) is 0 Å². The Morgan fingerprint density at radius 1 is 0.721 bits per heavy atom. The normalized spacial score (nSPS) is 12.4. The third-order valence-electron chi connectivity index (χ3n) is 7.52. The number of carbonyl (C=O) groups is 1. The summed E-state index contributed by atoms with van der Waals surface area (Å²) in [5.41, 5.74) is 0.645. The number of methoxy groups -OCH3 is 1. The van der Waals surface area contributed by atoms with Crippen molar-refractivity contribution >= 4 is 40.0 Å². The second-order valence-corrected chi connectivity index (χ2v) is 21.0. The number of hydrogen-bond acceptors (Lipinski definition) is 5. The zero-order chi connectivity index (χ0) is 30.5. The third kappa shape index (κ3) is 8.07. The van der Waals surface area contributed by atoms with Crippen molar-refractivity contribution in [1.82, 2.24) is 5.32 Å². The molecule has 0 saturated heterocycles. The molecule has 0 radical (unpaired) electrons. The average Bonchev–Trinajstić information content (AvgIpc) is 3.07. The molecule has 1 atom stereocenters. The van der Waals surface area contributed by atoms with E-state index in [2.05, 4.69) is 78.1 Å². The molecule has 0 spiro atoms. The van der Waals surface area contributed by atoms with E-state index in [0.29, 0.717) is 29.4 Å². The first-order valence-corrected chi connectivity index (χ1v) is 21.2. The molecule has 0 bridgehead atoms. The van der Waals surface area contributed by atoms with Gasteiger partial charge in [0.2, 0.25) is 0 Å². The number of nitrogens with one attached hydrogen (secondary N) is 1. The number of ether oxygens (including phenoxy) is 1. The van der Waals surface area contributed by atoms with Gasteiger partial charge >= 0.3 is 259 Å². The molecule has 43 heavy (non-hydrogen) atoms. The fraction of sp³-hybridized carbons (Fsp3) is 0.286. The van der Waals surface area contributed by atoms with Gasteiger partial charge in [-0.1, -0.05) is 0 Å². The van der Waals surface area contributed by atoms with Crippen molar-refractivity contribution in [3.05, 3.63) is 121 Å². The zero-order valence-electron chi connectivity index (χ0n) is 25.3. The molecular formula is C35H42GeNO5P. The van der Waals surface area contributed by atoms with Crippen LogP contribution in [0.15, 0.2) is 115 Å². The predicted octanol–water partition coefficient (Wildman–Crippen LogP) is 6.42. The molecule has 4 rings (SSSR count). The van der Waals surface area contributed by atoms with E-state index in [-0.39, 0.29) is 25.5 Å². The Hall–Kier alpha value is -3.16. The summed E-state index contributed by atoms with van der Waals surface area (Å²) in [5.74, 6) is -0.478. The monoisotopic (exact) mass is 661 g/mol. The van der Waals surface area contributed by atoms with Gasteiger partial charge in [-0.2, -0.15) is 0 Å². The first-order chi connectivity index (χ1) is 21.0. The second kappa shape index (κ2) is 16.1. The number of rotatable bonds is 16. The van der Waals surface area contributed by atoms with Crippen LogP contribution in [0.25, 0.3) is 0 Å². The van der Waals surface area contributed by atoms with Crippen molar-refractivity contribution in [2.75, 3.05) is 20.3 Å². The van der Waals surface area contributed by atoms with E-state index in [0.717, 1.165) is 0 Å². The molecule has 4 aromatic carbocycles. The fourth-order valence-electron chi connectivity index (χ4n) is 5.38. The molecule has 0 aliphatic heterocycles. The van der Waals surface area contributed by atoms with Crippen LogP contribution in [0.4, 0.5) is 0 Å². The van der Waals surface area contributed by atoms with Crippen molar-refractivity contribution in [3.63, 3.8) is 0 Å². The SMILES string of the molecule is CCCOP(=O)(OCCC)C(NC(=O)C[CH2][Ge]([c]1ccccc1)([c]1ccccc1)[c]1ccccc1)c1ccc(OC)cc1. The van der Waals surface area contributed by atoms with E-state index in [1.54, 1.807) is 31.4 Å². The Kier molecular flexibility index (Phi) is 12.2. The second-order valence-electron chi connectivity index (χ2n) is 10.5. The van der Waals surface area contributed by atoms with Crippen molar-refractivity contribution < 1.29 is 23.1 Å². The van der Waals surface area contributed by atoms with Gasteiger partial charge in [0.05, 0.1) is 0 Å². The van der Waals surface area contributed by atoms with Gasteiger partial charge < -0.3 is 0 Å². The summed E-state index contributed by atoms with van der Waals surface area (Å²) in [6, 6.07) is 38.9. The molecule has 0 saturated carbocycles. The van der Waals surface area contributed by atoms with Gasteiger partial charge in [0.15, 0.2) is 0 Å². The van der Waals surface area contributed by atoms with Crippen LogP contribution in [0.5, 0.6) is 5.75 Å². The fourth-order valence-corrected chi connectivity index (χ4v) is 17.4. The van der Waals surface area contributed by atoms with Crippen molar-refractivity contribution in [2.24, 2.45) is 0 Å². The van der Waals surface area contributed by atoms with Gasteiger partial charge in [-0.3, -0.25) is 0 Å². The average molecular weight is 660 g/mol. The van der Waals surface area contributed by atoms with E-state index in [4.69, 9.17) is 13.8 Å². The summed E-state index contributed by atoms with van der Waals surface area (Å²) in [4.78, 5) is 13.9. The summed E-state index contributed by atoms with van der Waals surface area (Å²) in [6.45, 7) is 4.43. The van der Waals surface area contributed by atoms with Crippen LogP contribution in [-0.2, 0) is 18.4 Å². The summed E-state index contributed by atoms with van der Waals surface area (Å²) in [6.07, 6.45) is 1.60. The van der Waals surface area contributed by atoms with Crippen molar-refractivity contribution in [3.8, 4) is 5.75 Å². The number of benzene rings is 4. The van der Waals surface area contributed by atoms with Crippen LogP contribution >= 0.6 is 7.60 Å². The van der Waals surface area contributed by atoms with Crippen molar-refractivity contribution in [1.29, 1.82) is 0 Å². The quantitative estimate of drug-likeness (QED) is 0.111. The molecule has 1 amide bonds. The summed E-state index contributed by atoms with van der Waals surface area (Å²) >= 11 is -3.34. The summed E-state index contributed by atoms with van der Waals surface area (Å²) in [7, 11) is -2.16. The van der Waals surface area contributed by atoms with E-state index in [9.17, 15) is 9.36 Å².